The lowest BCUT2D eigenvalue weighted by Crippen LogP contribution is -2.31. The molecule has 0 saturated heterocycles. The molecule has 0 spiro atoms. The molecule has 0 fully saturated rings. The van der Waals surface area contributed by atoms with Gasteiger partial charge in [0, 0.05) is 0 Å². The van der Waals surface area contributed by atoms with E-state index in [9.17, 15) is 0 Å². The normalized spacial score (nSPS) is 18.0. The van der Waals surface area contributed by atoms with E-state index in [1.54, 1.807) is 0 Å². The van der Waals surface area contributed by atoms with Crippen molar-refractivity contribution >= 4 is 0 Å². The molecule has 0 radical (unpaired) electrons. The Labute approximate surface area is 77.5 Å². The standard InChI is InChI=1S/C11H24O/c1-8(2)12-10(4)9(3)11(5,6)7/h8-10H,1-7H3/t9-,10+/m1/s1. The molecule has 0 unspecified atom stereocenters. The molecule has 0 saturated carbocycles. The highest BCUT2D eigenvalue weighted by Crippen LogP contribution is 2.29. The fraction of sp³-hybridized carbons (Fsp3) is 1.00. The van der Waals surface area contributed by atoms with E-state index in [-0.39, 0.29) is 0 Å². The molecule has 0 aliphatic carbocycles. The summed E-state index contributed by atoms with van der Waals surface area (Å²) < 4.78 is 5.74. The smallest absolute Gasteiger partial charge is 0.0580 e. The summed E-state index contributed by atoms with van der Waals surface area (Å²) in [5.41, 5.74) is 0.342. The van der Waals surface area contributed by atoms with E-state index < -0.39 is 0 Å². The Morgan fingerprint density at radius 2 is 1.33 bits per heavy atom. The maximum Gasteiger partial charge on any atom is 0.0580 e. The first-order chi connectivity index (χ1) is 5.25. The van der Waals surface area contributed by atoms with Crippen LogP contribution in [-0.4, -0.2) is 12.2 Å². The van der Waals surface area contributed by atoms with Gasteiger partial charge in [0.2, 0.25) is 0 Å². The third kappa shape index (κ3) is 4.10. The molecule has 0 bridgehead atoms. The fourth-order valence-corrected chi connectivity index (χ4v) is 1.25. The van der Waals surface area contributed by atoms with Gasteiger partial charge in [-0.05, 0) is 32.1 Å². The molecule has 74 valence electrons. The van der Waals surface area contributed by atoms with Crippen LogP contribution in [0.1, 0.15) is 48.5 Å². The van der Waals surface area contributed by atoms with Crippen LogP contribution in [-0.2, 0) is 4.74 Å². The minimum Gasteiger partial charge on any atom is -0.376 e. The van der Waals surface area contributed by atoms with Crippen molar-refractivity contribution in [3.63, 3.8) is 0 Å². The Bertz CT molecular complexity index is 121. The molecule has 0 aromatic rings. The van der Waals surface area contributed by atoms with Gasteiger partial charge in [0.25, 0.3) is 0 Å². The molecule has 0 heterocycles. The van der Waals surface area contributed by atoms with Gasteiger partial charge in [-0.1, -0.05) is 27.7 Å². The summed E-state index contributed by atoms with van der Waals surface area (Å²) in [5.74, 6) is 0.597. The van der Waals surface area contributed by atoms with Gasteiger partial charge in [0.05, 0.1) is 12.2 Å². The summed E-state index contributed by atoms with van der Waals surface area (Å²) in [5, 5.41) is 0. The zero-order valence-corrected chi connectivity index (χ0v) is 9.64. The zero-order valence-electron chi connectivity index (χ0n) is 9.64. The molecule has 0 aliphatic heterocycles. The van der Waals surface area contributed by atoms with Crippen LogP contribution in [0.25, 0.3) is 0 Å². The topological polar surface area (TPSA) is 9.23 Å². The highest BCUT2D eigenvalue weighted by atomic mass is 16.5. The van der Waals surface area contributed by atoms with Gasteiger partial charge in [0.1, 0.15) is 0 Å². The molecule has 0 amide bonds. The molecule has 0 aromatic heterocycles. The van der Waals surface area contributed by atoms with E-state index in [4.69, 9.17) is 4.74 Å². The molecule has 0 N–H and O–H groups in total. The maximum atomic E-state index is 5.74. The molecular weight excluding hydrogens is 148 g/mol. The van der Waals surface area contributed by atoms with Gasteiger partial charge in [-0.25, -0.2) is 0 Å². The van der Waals surface area contributed by atoms with Crippen LogP contribution in [0.15, 0.2) is 0 Å². The highest BCUT2D eigenvalue weighted by Gasteiger charge is 2.26. The second-order valence-corrected chi connectivity index (χ2v) is 5.04. The van der Waals surface area contributed by atoms with Crippen molar-refractivity contribution in [2.45, 2.75) is 60.7 Å². The Kier molecular flexibility index (Phi) is 4.25. The minimum absolute atomic E-state index is 0.338. The Morgan fingerprint density at radius 3 is 1.58 bits per heavy atom. The summed E-state index contributed by atoms with van der Waals surface area (Å²) in [6.07, 6.45) is 0.690. The number of hydrogen-bond donors (Lipinski definition) is 0. The average molecular weight is 172 g/mol. The highest BCUT2D eigenvalue weighted by molar-refractivity contribution is 4.75. The predicted molar refractivity (Wildman–Crippen MR) is 54.3 cm³/mol. The van der Waals surface area contributed by atoms with Gasteiger partial charge in [-0.15, -0.1) is 0 Å². The van der Waals surface area contributed by atoms with Crippen molar-refractivity contribution in [2.75, 3.05) is 0 Å². The van der Waals surface area contributed by atoms with Crippen LogP contribution in [0.2, 0.25) is 0 Å². The van der Waals surface area contributed by atoms with Gasteiger partial charge in [0.15, 0.2) is 0 Å². The second kappa shape index (κ2) is 4.27. The largest absolute Gasteiger partial charge is 0.376 e. The zero-order chi connectivity index (χ0) is 9.94. The summed E-state index contributed by atoms with van der Waals surface area (Å²) in [4.78, 5) is 0. The van der Waals surface area contributed by atoms with E-state index in [0.29, 0.717) is 23.5 Å². The number of rotatable bonds is 3. The quantitative estimate of drug-likeness (QED) is 0.633. The molecule has 2 atom stereocenters. The van der Waals surface area contributed by atoms with Crippen molar-refractivity contribution in [1.29, 1.82) is 0 Å². The lowest BCUT2D eigenvalue weighted by Gasteiger charge is -2.33. The molecule has 0 aliphatic rings. The minimum atomic E-state index is 0.338. The molecule has 0 aromatic carbocycles. The molecule has 1 heteroatoms. The third-order valence-corrected chi connectivity index (χ3v) is 2.56. The Morgan fingerprint density at radius 1 is 0.917 bits per heavy atom. The average Bonchev–Trinajstić information content (AvgIpc) is 1.82. The van der Waals surface area contributed by atoms with Gasteiger partial charge in [-0.3, -0.25) is 0 Å². The van der Waals surface area contributed by atoms with E-state index in [0.717, 1.165) is 0 Å². The van der Waals surface area contributed by atoms with Crippen molar-refractivity contribution < 1.29 is 4.74 Å². The van der Waals surface area contributed by atoms with Gasteiger partial charge in [-0.2, -0.15) is 0 Å². The fourth-order valence-electron chi connectivity index (χ4n) is 1.25. The SMILES string of the molecule is CC(C)O[C@@H](C)[C@@H](C)C(C)(C)C. The summed E-state index contributed by atoms with van der Waals surface area (Å²) in [6, 6.07) is 0. The van der Waals surface area contributed by atoms with Gasteiger partial charge < -0.3 is 4.74 Å². The number of hydrogen-bond acceptors (Lipinski definition) is 1. The maximum absolute atomic E-state index is 5.74. The van der Waals surface area contributed by atoms with Crippen LogP contribution in [0.3, 0.4) is 0 Å². The van der Waals surface area contributed by atoms with Crippen LogP contribution >= 0.6 is 0 Å². The molecule has 0 rings (SSSR count). The lowest BCUT2D eigenvalue weighted by molar-refractivity contribution is -0.0383. The molecule has 1 nitrogen and oxygen atoms in total. The summed E-state index contributed by atoms with van der Waals surface area (Å²) in [7, 11) is 0. The predicted octanol–water partition coefficient (Wildman–Crippen LogP) is 3.48. The summed E-state index contributed by atoms with van der Waals surface area (Å²) >= 11 is 0. The first kappa shape index (κ1) is 12.0. The molecular formula is C11H24O. The van der Waals surface area contributed by atoms with Gasteiger partial charge >= 0.3 is 0 Å². The Hall–Kier alpha value is -0.0400. The second-order valence-electron chi connectivity index (χ2n) is 5.04. The molecule has 12 heavy (non-hydrogen) atoms. The van der Waals surface area contributed by atoms with Crippen LogP contribution in [0, 0.1) is 11.3 Å². The van der Waals surface area contributed by atoms with E-state index in [2.05, 4.69) is 48.5 Å². The monoisotopic (exact) mass is 172 g/mol. The van der Waals surface area contributed by atoms with E-state index in [1.807, 2.05) is 0 Å². The lowest BCUT2D eigenvalue weighted by atomic mass is 9.79. The Balaban J connectivity index is 4.01. The van der Waals surface area contributed by atoms with Crippen LogP contribution < -0.4 is 0 Å². The van der Waals surface area contributed by atoms with Crippen molar-refractivity contribution in [3.05, 3.63) is 0 Å². The van der Waals surface area contributed by atoms with E-state index >= 15 is 0 Å². The van der Waals surface area contributed by atoms with E-state index in [1.165, 1.54) is 0 Å². The van der Waals surface area contributed by atoms with Crippen molar-refractivity contribution in [2.24, 2.45) is 11.3 Å². The van der Waals surface area contributed by atoms with Crippen molar-refractivity contribution in [3.8, 4) is 0 Å². The first-order valence-corrected chi connectivity index (χ1v) is 4.90. The number of ether oxygens (including phenoxy) is 1. The van der Waals surface area contributed by atoms with Crippen LogP contribution in [0.4, 0.5) is 0 Å². The summed E-state index contributed by atoms with van der Waals surface area (Å²) in [6.45, 7) is 15.4. The van der Waals surface area contributed by atoms with Crippen molar-refractivity contribution in [1.82, 2.24) is 0 Å². The van der Waals surface area contributed by atoms with Crippen LogP contribution in [0.5, 0.6) is 0 Å². The third-order valence-electron chi connectivity index (χ3n) is 2.56. The first-order valence-electron chi connectivity index (χ1n) is 4.90.